The Morgan fingerprint density at radius 3 is 1.86 bits per heavy atom. The van der Waals surface area contributed by atoms with Gasteiger partial charge in [-0.15, -0.1) is 0 Å². The minimum absolute atomic E-state index is 0. The Hall–Kier alpha value is 0.196. The van der Waals surface area contributed by atoms with Gasteiger partial charge in [-0.05, 0) is 0 Å². The zero-order valence-electron chi connectivity index (χ0n) is 3.56. The van der Waals surface area contributed by atoms with Crippen molar-refractivity contribution < 1.29 is 15.4 Å². The smallest absolute Gasteiger partial charge is 0.316 e. The fourth-order valence-electron chi connectivity index (χ4n) is 0. The molecule has 42 valence electrons. The van der Waals surface area contributed by atoms with Gasteiger partial charge in [-0.25, -0.2) is 0 Å². The maximum Gasteiger partial charge on any atom is 0.316 e. The molecule has 0 heterocycles. The number of hydrogen-bond donors (Lipinski definition) is 1. The Labute approximate surface area is 58.2 Å². The van der Waals surface area contributed by atoms with E-state index >= 15 is 0 Å². The lowest BCUT2D eigenvalue weighted by Crippen LogP contribution is -1.86. The molecular weight excluding hydrogens is 108 g/mol. The van der Waals surface area contributed by atoms with E-state index in [1.807, 2.05) is 0 Å². The molecule has 0 aromatic heterocycles. The number of rotatable bonds is 1. The van der Waals surface area contributed by atoms with Crippen LogP contribution in [-0.2, 0) is 4.79 Å². The molecule has 0 unspecified atom stereocenters. The first-order valence-electron chi connectivity index (χ1n) is 1.49. The maximum atomic E-state index is 9.37. The highest BCUT2D eigenvalue weighted by Gasteiger charge is 1.80. The van der Waals surface area contributed by atoms with Crippen LogP contribution in [0, 0.1) is 0 Å². The third kappa shape index (κ3) is 22.6. The van der Waals surface area contributed by atoms with Crippen molar-refractivity contribution in [3.63, 3.8) is 0 Å². The second-order valence-electron chi connectivity index (χ2n) is 0.747. The topological polar surface area (TPSA) is 68.8 Å². The molecule has 0 saturated carbocycles. The molecule has 0 rings (SSSR count). The van der Waals surface area contributed by atoms with Gasteiger partial charge in [0.05, 0.1) is 0 Å². The monoisotopic (exact) mass is 118 g/mol. The molecule has 0 aliphatic carbocycles. The van der Waals surface area contributed by atoms with Crippen LogP contribution in [-0.4, -0.2) is 39.6 Å². The van der Waals surface area contributed by atoms with Gasteiger partial charge < -0.3 is 10.6 Å². The third-order valence-corrected chi connectivity index (χ3v) is 0.302. The number of carboxylic acids is 1. The van der Waals surface area contributed by atoms with Crippen LogP contribution >= 0.6 is 0 Å². The van der Waals surface area contributed by atoms with E-state index < -0.39 is 5.97 Å². The number of hydrogen-bond acceptors (Lipinski definition) is 1. The number of aliphatic carboxylic acids is 1. The van der Waals surface area contributed by atoms with E-state index in [1.165, 1.54) is 0 Å². The van der Waals surface area contributed by atoms with E-state index in [0.29, 0.717) is 0 Å². The molecule has 4 heteroatoms. The van der Waals surface area contributed by atoms with Crippen molar-refractivity contribution >= 4 is 29.0 Å². The molecule has 0 spiro atoms. The van der Waals surface area contributed by atoms with Crippen molar-refractivity contribution in [2.45, 2.75) is 13.3 Å². The highest BCUT2D eigenvalue weighted by molar-refractivity contribution is 5.75. The van der Waals surface area contributed by atoms with Crippen molar-refractivity contribution in [2.75, 3.05) is 0 Å². The summed E-state index contributed by atoms with van der Waals surface area (Å²) >= 11 is 0. The van der Waals surface area contributed by atoms with Crippen LogP contribution in [0.3, 0.4) is 0 Å². The maximum absolute atomic E-state index is 9.37. The van der Waals surface area contributed by atoms with Gasteiger partial charge in [-0.2, -0.15) is 0 Å². The van der Waals surface area contributed by atoms with Gasteiger partial charge in [-0.3, -0.25) is 4.79 Å². The van der Waals surface area contributed by atoms with Crippen LogP contribution in [0.4, 0.5) is 0 Å². The Kier molecular flexibility index (Phi) is 21.3. The SMILES string of the molecule is CCC(=O)O.O.[MgH2]. The third-order valence-electron chi connectivity index (χ3n) is 0.302. The molecule has 0 bridgehead atoms. The first-order chi connectivity index (χ1) is 2.27. The molecule has 0 aliphatic rings. The number of carbonyl (C=O) groups is 1. The highest BCUT2D eigenvalue weighted by atomic mass is 24.3. The van der Waals surface area contributed by atoms with E-state index in [4.69, 9.17) is 5.11 Å². The van der Waals surface area contributed by atoms with Crippen molar-refractivity contribution in [1.29, 1.82) is 0 Å². The summed E-state index contributed by atoms with van der Waals surface area (Å²) in [6, 6.07) is 0. The Morgan fingerprint density at radius 2 is 1.86 bits per heavy atom. The van der Waals surface area contributed by atoms with Gasteiger partial charge in [0.1, 0.15) is 0 Å². The summed E-state index contributed by atoms with van der Waals surface area (Å²) in [6.45, 7) is 1.60. The molecule has 0 fully saturated rings. The summed E-state index contributed by atoms with van der Waals surface area (Å²) in [6.07, 6.45) is 0.222. The van der Waals surface area contributed by atoms with Crippen LogP contribution in [0.25, 0.3) is 0 Å². The highest BCUT2D eigenvalue weighted by Crippen LogP contribution is 1.67. The van der Waals surface area contributed by atoms with Crippen LogP contribution in [0.15, 0.2) is 0 Å². The van der Waals surface area contributed by atoms with Crippen molar-refractivity contribution in [2.24, 2.45) is 0 Å². The lowest BCUT2D eigenvalue weighted by molar-refractivity contribution is -0.136. The van der Waals surface area contributed by atoms with E-state index in [9.17, 15) is 4.79 Å². The standard InChI is InChI=1S/C3H6O2.Mg.H2O.2H/c1-2-3(4)5;;;;/h2H2,1H3,(H,4,5);;1H2;;. The average molecular weight is 118 g/mol. The molecule has 0 amide bonds. The molecule has 0 aliphatic heterocycles. The molecule has 3 nitrogen and oxygen atoms in total. The normalized spacial score (nSPS) is 5.29. The van der Waals surface area contributed by atoms with Gasteiger partial charge >= 0.3 is 29.0 Å². The molecular formula is C3H10MgO3. The van der Waals surface area contributed by atoms with Gasteiger partial charge in [0, 0.05) is 6.42 Å². The summed E-state index contributed by atoms with van der Waals surface area (Å²) < 4.78 is 0. The van der Waals surface area contributed by atoms with Crippen molar-refractivity contribution in [3.8, 4) is 0 Å². The van der Waals surface area contributed by atoms with Crippen LogP contribution < -0.4 is 0 Å². The predicted octanol–water partition coefficient (Wildman–Crippen LogP) is -1.26. The number of carboxylic acid groups (broad SMARTS) is 1. The fourth-order valence-corrected chi connectivity index (χ4v) is 0. The van der Waals surface area contributed by atoms with E-state index in [-0.39, 0.29) is 34.9 Å². The first kappa shape index (κ1) is 15.7. The average Bonchev–Trinajstić information content (AvgIpc) is 1.38. The Morgan fingerprint density at radius 1 is 1.71 bits per heavy atom. The van der Waals surface area contributed by atoms with E-state index in [0.717, 1.165) is 0 Å². The summed E-state index contributed by atoms with van der Waals surface area (Å²) in [4.78, 5) is 9.37. The zero-order chi connectivity index (χ0) is 4.28. The van der Waals surface area contributed by atoms with Crippen LogP contribution in [0.5, 0.6) is 0 Å². The minimum atomic E-state index is -0.745. The molecule has 3 N–H and O–H groups in total. The van der Waals surface area contributed by atoms with Gasteiger partial charge in [0.2, 0.25) is 0 Å². The quantitative estimate of drug-likeness (QED) is 0.437. The van der Waals surface area contributed by atoms with Crippen molar-refractivity contribution in [3.05, 3.63) is 0 Å². The lowest BCUT2D eigenvalue weighted by Gasteiger charge is -1.71. The zero-order valence-corrected chi connectivity index (χ0v) is 3.56. The molecule has 0 saturated heterocycles. The van der Waals surface area contributed by atoms with E-state index in [1.54, 1.807) is 6.92 Å². The molecule has 0 radical (unpaired) electrons. The second kappa shape index (κ2) is 9.50. The van der Waals surface area contributed by atoms with Crippen molar-refractivity contribution in [1.82, 2.24) is 0 Å². The summed E-state index contributed by atoms with van der Waals surface area (Å²) in [5.41, 5.74) is 0. The van der Waals surface area contributed by atoms with E-state index in [2.05, 4.69) is 0 Å². The first-order valence-corrected chi connectivity index (χ1v) is 1.49. The summed E-state index contributed by atoms with van der Waals surface area (Å²) in [5, 5.41) is 7.72. The second-order valence-corrected chi connectivity index (χ2v) is 0.747. The molecule has 7 heavy (non-hydrogen) atoms. The van der Waals surface area contributed by atoms with Gasteiger partial charge in [0.25, 0.3) is 0 Å². The molecule has 0 atom stereocenters. The molecule has 0 aromatic rings. The summed E-state index contributed by atoms with van der Waals surface area (Å²) in [7, 11) is 0. The predicted molar refractivity (Wildman–Crippen MR) is 30.1 cm³/mol. The van der Waals surface area contributed by atoms with Gasteiger partial charge in [-0.1, -0.05) is 6.92 Å². The lowest BCUT2D eigenvalue weighted by atomic mass is 10.5. The Bertz CT molecular complexity index is 45.4. The van der Waals surface area contributed by atoms with Crippen LogP contribution in [0.1, 0.15) is 13.3 Å². The summed E-state index contributed by atoms with van der Waals surface area (Å²) in [5.74, 6) is -0.745. The largest absolute Gasteiger partial charge is 0.481 e. The van der Waals surface area contributed by atoms with Crippen LogP contribution in [0.2, 0.25) is 0 Å². The van der Waals surface area contributed by atoms with Gasteiger partial charge in [0.15, 0.2) is 0 Å². The Balaban J connectivity index is -0.0000000800. The minimum Gasteiger partial charge on any atom is -0.481 e. The molecule has 0 aromatic carbocycles. The fraction of sp³-hybridized carbons (Fsp3) is 0.667.